The average Bonchev–Trinajstić information content (AvgIpc) is 3.20. The predicted molar refractivity (Wildman–Crippen MR) is 111 cm³/mol. The van der Waals surface area contributed by atoms with Crippen LogP contribution in [0.15, 0.2) is 48.5 Å². The van der Waals surface area contributed by atoms with E-state index in [-0.39, 0.29) is 11.8 Å². The number of carbonyl (C=O) groups excluding carboxylic acids is 3. The van der Waals surface area contributed by atoms with Crippen molar-refractivity contribution in [1.82, 2.24) is 5.32 Å². The summed E-state index contributed by atoms with van der Waals surface area (Å²) in [7, 11) is 0. The van der Waals surface area contributed by atoms with Gasteiger partial charge in [0.15, 0.2) is 0 Å². The summed E-state index contributed by atoms with van der Waals surface area (Å²) in [5.41, 5.74) is 2.01. The molecule has 2 aromatic rings. The molecule has 6 nitrogen and oxygen atoms in total. The normalized spacial score (nSPS) is 13.7. The SMILES string of the molecule is CC(=O)Oc1cccc(C(=O)Nc2ccc(CNC(=O)CC3CCCC3)cc2)c1. The molecule has 1 fully saturated rings. The molecule has 0 aromatic heterocycles. The molecule has 0 bridgehead atoms. The molecule has 1 aliphatic carbocycles. The van der Waals surface area contributed by atoms with Gasteiger partial charge >= 0.3 is 5.97 Å². The van der Waals surface area contributed by atoms with Gasteiger partial charge < -0.3 is 15.4 Å². The molecule has 0 radical (unpaired) electrons. The number of carbonyl (C=O) groups is 3. The molecular formula is C23H26N2O4. The first-order valence-electron chi connectivity index (χ1n) is 9.95. The van der Waals surface area contributed by atoms with Crippen LogP contribution in [0, 0.1) is 5.92 Å². The monoisotopic (exact) mass is 394 g/mol. The minimum Gasteiger partial charge on any atom is -0.427 e. The number of amides is 2. The lowest BCUT2D eigenvalue weighted by Gasteiger charge is -2.10. The number of ether oxygens (including phenoxy) is 1. The highest BCUT2D eigenvalue weighted by Crippen LogP contribution is 2.27. The molecule has 1 aliphatic rings. The van der Waals surface area contributed by atoms with E-state index in [1.807, 2.05) is 12.1 Å². The molecular weight excluding hydrogens is 368 g/mol. The highest BCUT2D eigenvalue weighted by atomic mass is 16.5. The molecule has 2 aromatic carbocycles. The van der Waals surface area contributed by atoms with E-state index in [1.165, 1.54) is 25.8 Å². The van der Waals surface area contributed by atoms with Crippen LogP contribution in [-0.2, 0) is 16.1 Å². The lowest BCUT2D eigenvalue weighted by atomic mass is 10.0. The van der Waals surface area contributed by atoms with Crippen molar-refractivity contribution in [3.05, 3.63) is 59.7 Å². The van der Waals surface area contributed by atoms with E-state index < -0.39 is 5.97 Å². The van der Waals surface area contributed by atoms with Gasteiger partial charge in [-0.2, -0.15) is 0 Å². The fraction of sp³-hybridized carbons (Fsp3) is 0.348. The second-order valence-electron chi connectivity index (χ2n) is 7.40. The molecule has 2 N–H and O–H groups in total. The highest BCUT2D eigenvalue weighted by molar-refractivity contribution is 6.04. The Morgan fingerprint density at radius 3 is 2.45 bits per heavy atom. The zero-order valence-corrected chi connectivity index (χ0v) is 16.6. The Labute approximate surface area is 170 Å². The standard InChI is InChI=1S/C23H26N2O4/c1-16(26)29-21-8-4-7-19(14-21)23(28)25-20-11-9-18(10-12-20)15-24-22(27)13-17-5-2-3-6-17/h4,7-12,14,17H,2-3,5-6,13,15H2,1H3,(H,24,27)(H,25,28). The Hall–Kier alpha value is -3.15. The third-order valence-corrected chi connectivity index (χ3v) is 5.01. The van der Waals surface area contributed by atoms with Gasteiger partial charge in [0.05, 0.1) is 0 Å². The fourth-order valence-electron chi connectivity index (χ4n) is 3.53. The molecule has 6 heteroatoms. The predicted octanol–water partition coefficient (Wildman–Crippen LogP) is 4.06. The first-order valence-corrected chi connectivity index (χ1v) is 9.95. The maximum atomic E-state index is 12.4. The van der Waals surface area contributed by atoms with Crippen molar-refractivity contribution < 1.29 is 19.1 Å². The first kappa shape index (κ1) is 20.6. The van der Waals surface area contributed by atoms with Crippen LogP contribution in [0.5, 0.6) is 5.75 Å². The number of hydrogen-bond acceptors (Lipinski definition) is 4. The summed E-state index contributed by atoms with van der Waals surface area (Å²) in [5.74, 6) is 0.229. The Bertz CT molecular complexity index is 871. The smallest absolute Gasteiger partial charge is 0.308 e. The van der Waals surface area contributed by atoms with Gasteiger partial charge in [-0.25, -0.2) is 0 Å². The molecule has 1 saturated carbocycles. The zero-order chi connectivity index (χ0) is 20.6. The van der Waals surface area contributed by atoms with Crippen molar-refractivity contribution >= 4 is 23.5 Å². The average molecular weight is 394 g/mol. The first-order chi connectivity index (χ1) is 14.0. The maximum absolute atomic E-state index is 12.4. The topological polar surface area (TPSA) is 84.5 Å². The van der Waals surface area contributed by atoms with E-state index in [4.69, 9.17) is 4.74 Å². The molecule has 0 saturated heterocycles. The van der Waals surface area contributed by atoms with Crippen molar-refractivity contribution in [2.45, 2.75) is 45.6 Å². The largest absolute Gasteiger partial charge is 0.427 e. The highest BCUT2D eigenvalue weighted by Gasteiger charge is 2.18. The van der Waals surface area contributed by atoms with E-state index >= 15 is 0 Å². The van der Waals surface area contributed by atoms with Crippen LogP contribution in [-0.4, -0.2) is 17.8 Å². The van der Waals surface area contributed by atoms with Gasteiger partial charge in [-0.05, 0) is 54.7 Å². The van der Waals surface area contributed by atoms with E-state index in [9.17, 15) is 14.4 Å². The van der Waals surface area contributed by atoms with Gasteiger partial charge in [0.25, 0.3) is 5.91 Å². The summed E-state index contributed by atoms with van der Waals surface area (Å²) in [6.45, 7) is 1.79. The third-order valence-electron chi connectivity index (χ3n) is 5.01. The van der Waals surface area contributed by atoms with Gasteiger partial charge in [0, 0.05) is 31.1 Å². The van der Waals surface area contributed by atoms with E-state index in [2.05, 4.69) is 10.6 Å². The minimum absolute atomic E-state index is 0.0990. The summed E-state index contributed by atoms with van der Waals surface area (Å²) < 4.78 is 5.01. The molecule has 3 rings (SSSR count). The Morgan fingerprint density at radius 2 is 1.76 bits per heavy atom. The second-order valence-corrected chi connectivity index (χ2v) is 7.40. The minimum atomic E-state index is -0.437. The fourth-order valence-corrected chi connectivity index (χ4v) is 3.53. The lowest BCUT2D eigenvalue weighted by molar-refractivity contribution is -0.131. The van der Waals surface area contributed by atoms with E-state index in [0.717, 1.165) is 18.4 Å². The molecule has 0 heterocycles. The number of nitrogens with one attached hydrogen (secondary N) is 2. The molecule has 29 heavy (non-hydrogen) atoms. The van der Waals surface area contributed by atoms with E-state index in [0.29, 0.717) is 35.9 Å². The van der Waals surface area contributed by atoms with Crippen molar-refractivity contribution in [1.29, 1.82) is 0 Å². The van der Waals surface area contributed by atoms with Crippen LogP contribution in [0.2, 0.25) is 0 Å². The van der Waals surface area contributed by atoms with Crippen LogP contribution in [0.1, 0.15) is 54.9 Å². The van der Waals surface area contributed by atoms with Gasteiger partial charge in [-0.3, -0.25) is 14.4 Å². The van der Waals surface area contributed by atoms with E-state index in [1.54, 1.807) is 30.3 Å². The molecule has 2 amide bonds. The van der Waals surface area contributed by atoms with Crippen molar-refractivity contribution in [3.63, 3.8) is 0 Å². The van der Waals surface area contributed by atoms with Crippen LogP contribution in [0.3, 0.4) is 0 Å². The van der Waals surface area contributed by atoms with Gasteiger partial charge in [0.2, 0.25) is 5.91 Å². The maximum Gasteiger partial charge on any atom is 0.308 e. The Balaban J connectivity index is 1.50. The van der Waals surface area contributed by atoms with Crippen LogP contribution >= 0.6 is 0 Å². The lowest BCUT2D eigenvalue weighted by Crippen LogP contribution is -2.24. The number of hydrogen-bond donors (Lipinski definition) is 2. The van der Waals surface area contributed by atoms with Crippen molar-refractivity contribution in [2.75, 3.05) is 5.32 Å². The van der Waals surface area contributed by atoms with Crippen LogP contribution in [0.4, 0.5) is 5.69 Å². The Kier molecular flexibility index (Phi) is 7.00. The van der Waals surface area contributed by atoms with Crippen LogP contribution in [0.25, 0.3) is 0 Å². The summed E-state index contributed by atoms with van der Waals surface area (Å²) in [6, 6.07) is 13.8. The third kappa shape index (κ3) is 6.45. The molecule has 0 unspecified atom stereocenters. The summed E-state index contributed by atoms with van der Waals surface area (Å²) >= 11 is 0. The molecule has 0 atom stereocenters. The number of esters is 1. The van der Waals surface area contributed by atoms with Crippen LogP contribution < -0.4 is 15.4 Å². The zero-order valence-electron chi connectivity index (χ0n) is 16.6. The Morgan fingerprint density at radius 1 is 1.03 bits per heavy atom. The second kappa shape index (κ2) is 9.87. The van der Waals surface area contributed by atoms with Crippen molar-refractivity contribution in [3.8, 4) is 5.75 Å². The molecule has 0 spiro atoms. The van der Waals surface area contributed by atoms with Gasteiger partial charge in [-0.15, -0.1) is 0 Å². The van der Waals surface area contributed by atoms with Gasteiger partial charge in [0.1, 0.15) is 5.75 Å². The molecule has 0 aliphatic heterocycles. The van der Waals surface area contributed by atoms with Crippen molar-refractivity contribution in [2.24, 2.45) is 5.92 Å². The molecule has 152 valence electrons. The summed E-state index contributed by atoms with van der Waals surface area (Å²) in [6.07, 6.45) is 5.40. The number of anilines is 1. The number of benzene rings is 2. The van der Waals surface area contributed by atoms with Gasteiger partial charge in [-0.1, -0.05) is 31.0 Å². The summed E-state index contributed by atoms with van der Waals surface area (Å²) in [5, 5.41) is 5.78. The summed E-state index contributed by atoms with van der Waals surface area (Å²) in [4.78, 5) is 35.5. The quantitative estimate of drug-likeness (QED) is 0.548. The number of rotatable bonds is 7.